The summed E-state index contributed by atoms with van der Waals surface area (Å²) < 4.78 is 13.4. The Bertz CT molecular complexity index is 1130. The molecule has 5 rings (SSSR count). The number of aliphatic hydroxyl groups is 1. The molecule has 1 aliphatic carbocycles. The Balaban J connectivity index is 1.35. The summed E-state index contributed by atoms with van der Waals surface area (Å²) in [6.45, 7) is 0.401. The Kier molecular flexibility index (Phi) is 6.76. The normalized spacial score (nSPS) is 21.1. The Labute approximate surface area is 198 Å². The van der Waals surface area contributed by atoms with Crippen molar-refractivity contribution in [3.05, 3.63) is 82.4 Å². The van der Waals surface area contributed by atoms with Crippen molar-refractivity contribution in [3.8, 4) is 0 Å². The van der Waals surface area contributed by atoms with Gasteiger partial charge < -0.3 is 19.9 Å². The summed E-state index contributed by atoms with van der Waals surface area (Å²) in [6.07, 6.45) is 6.48. The number of benzene rings is 2. The van der Waals surface area contributed by atoms with Crippen LogP contribution in [0.4, 0.5) is 0 Å². The van der Waals surface area contributed by atoms with E-state index in [1.165, 1.54) is 15.6 Å². The average molecular weight is 464 g/mol. The van der Waals surface area contributed by atoms with Gasteiger partial charge in [0.05, 0.1) is 13.2 Å². The van der Waals surface area contributed by atoms with E-state index in [1.54, 1.807) is 11.3 Å². The maximum Gasteiger partial charge on any atom is 0.286 e. The second-order valence-electron chi connectivity index (χ2n) is 8.85. The predicted molar refractivity (Wildman–Crippen MR) is 130 cm³/mol. The fourth-order valence-corrected chi connectivity index (χ4v) is 5.70. The molecule has 5 nitrogen and oxygen atoms in total. The summed E-state index contributed by atoms with van der Waals surface area (Å²) in [6, 6.07) is 16.3. The highest BCUT2D eigenvalue weighted by atomic mass is 32.1. The minimum Gasteiger partial charge on any atom is -0.459 e. The van der Waals surface area contributed by atoms with Crippen LogP contribution in [0.2, 0.25) is 0 Å². The summed E-state index contributed by atoms with van der Waals surface area (Å²) in [4.78, 5) is 13.0. The largest absolute Gasteiger partial charge is 0.459 e. The zero-order chi connectivity index (χ0) is 22.6. The Hall–Kier alpha value is -2.67. The van der Waals surface area contributed by atoms with Crippen molar-refractivity contribution >= 4 is 27.3 Å². The van der Waals surface area contributed by atoms with Crippen molar-refractivity contribution in [2.24, 2.45) is 0 Å². The van der Waals surface area contributed by atoms with Gasteiger partial charge in [-0.15, -0.1) is 11.3 Å². The van der Waals surface area contributed by atoms with Gasteiger partial charge in [0.2, 0.25) is 6.29 Å². The SMILES string of the molecule is O=C(NC1CCCC1)C1=C[C@H](c2csc3ccccc23)C[C@H](OCc2ccc(CO)cc2)O1. The Morgan fingerprint density at radius 1 is 1.09 bits per heavy atom. The van der Waals surface area contributed by atoms with Crippen molar-refractivity contribution in [2.75, 3.05) is 0 Å². The summed E-state index contributed by atoms with van der Waals surface area (Å²) in [5, 5.41) is 15.8. The van der Waals surface area contributed by atoms with E-state index in [1.807, 2.05) is 30.3 Å². The Morgan fingerprint density at radius 2 is 1.85 bits per heavy atom. The summed E-state index contributed by atoms with van der Waals surface area (Å²) in [7, 11) is 0. The van der Waals surface area contributed by atoms with Crippen molar-refractivity contribution in [1.82, 2.24) is 5.32 Å². The van der Waals surface area contributed by atoms with Crippen LogP contribution in [0, 0.1) is 0 Å². The third kappa shape index (κ3) is 5.13. The summed E-state index contributed by atoms with van der Waals surface area (Å²) >= 11 is 1.73. The molecule has 1 saturated carbocycles. The molecule has 0 bridgehead atoms. The van der Waals surface area contributed by atoms with Crippen molar-refractivity contribution in [1.29, 1.82) is 0 Å². The van der Waals surface area contributed by atoms with Crippen LogP contribution < -0.4 is 5.32 Å². The van der Waals surface area contributed by atoms with Crippen LogP contribution in [0.3, 0.4) is 0 Å². The minimum absolute atomic E-state index is 0.0212. The number of hydrogen-bond acceptors (Lipinski definition) is 5. The van der Waals surface area contributed by atoms with Gasteiger partial charge in [0.1, 0.15) is 0 Å². The molecule has 1 aromatic heterocycles. The smallest absolute Gasteiger partial charge is 0.286 e. The first-order valence-corrected chi connectivity index (χ1v) is 12.5. The number of carbonyl (C=O) groups is 1. The lowest BCUT2D eigenvalue weighted by molar-refractivity contribution is -0.150. The Morgan fingerprint density at radius 3 is 2.64 bits per heavy atom. The number of allylic oxidation sites excluding steroid dienone is 1. The number of amides is 1. The molecular weight excluding hydrogens is 434 g/mol. The van der Waals surface area contributed by atoms with Crippen molar-refractivity contribution < 1.29 is 19.4 Å². The lowest BCUT2D eigenvalue weighted by Crippen LogP contribution is -2.37. The van der Waals surface area contributed by atoms with Gasteiger partial charge in [-0.3, -0.25) is 4.79 Å². The molecule has 2 heterocycles. The number of thiophene rings is 1. The molecule has 1 amide bonds. The molecule has 0 saturated heterocycles. The first-order chi connectivity index (χ1) is 16.2. The number of fused-ring (bicyclic) bond motifs is 1. The maximum absolute atomic E-state index is 13.0. The van der Waals surface area contributed by atoms with Crippen LogP contribution in [-0.2, 0) is 27.5 Å². The van der Waals surface area contributed by atoms with Gasteiger partial charge in [-0.05, 0) is 52.4 Å². The van der Waals surface area contributed by atoms with Crippen molar-refractivity contribution in [2.45, 2.75) is 63.6 Å². The van der Waals surface area contributed by atoms with E-state index in [9.17, 15) is 9.90 Å². The molecule has 0 spiro atoms. The van der Waals surface area contributed by atoms with Gasteiger partial charge in [0.15, 0.2) is 5.76 Å². The van der Waals surface area contributed by atoms with Gasteiger partial charge in [-0.2, -0.15) is 0 Å². The highest BCUT2D eigenvalue weighted by Gasteiger charge is 2.31. The van der Waals surface area contributed by atoms with E-state index >= 15 is 0 Å². The fraction of sp³-hybridized carbons (Fsp3) is 0.370. The maximum atomic E-state index is 13.0. The second kappa shape index (κ2) is 10.1. The molecule has 33 heavy (non-hydrogen) atoms. The van der Waals surface area contributed by atoms with E-state index in [2.05, 4.69) is 35.0 Å². The fourth-order valence-electron chi connectivity index (χ4n) is 4.68. The van der Waals surface area contributed by atoms with Crippen LogP contribution in [0.1, 0.15) is 54.7 Å². The van der Waals surface area contributed by atoms with Crippen LogP contribution >= 0.6 is 11.3 Å². The van der Waals surface area contributed by atoms with E-state index in [4.69, 9.17) is 9.47 Å². The molecule has 1 aliphatic heterocycles. The molecule has 2 N–H and O–H groups in total. The topological polar surface area (TPSA) is 67.8 Å². The van der Waals surface area contributed by atoms with Crippen LogP contribution in [0.15, 0.2) is 65.7 Å². The molecule has 2 aliphatic rings. The van der Waals surface area contributed by atoms with Crippen LogP contribution in [-0.4, -0.2) is 23.3 Å². The van der Waals surface area contributed by atoms with E-state index in [0.717, 1.165) is 36.8 Å². The van der Waals surface area contributed by atoms with Gasteiger partial charge in [0.25, 0.3) is 5.91 Å². The quantitative estimate of drug-likeness (QED) is 0.493. The minimum atomic E-state index is -0.513. The highest BCUT2D eigenvalue weighted by molar-refractivity contribution is 7.17. The number of hydrogen-bond donors (Lipinski definition) is 2. The summed E-state index contributed by atoms with van der Waals surface area (Å²) in [5.41, 5.74) is 3.08. The lowest BCUT2D eigenvalue weighted by Gasteiger charge is -2.29. The average Bonchev–Trinajstić information content (AvgIpc) is 3.53. The third-order valence-electron chi connectivity index (χ3n) is 6.52. The number of ether oxygens (including phenoxy) is 2. The molecule has 0 radical (unpaired) electrons. The predicted octanol–water partition coefficient (Wildman–Crippen LogP) is 5.38. The van der Waals surface area contributed by atoms with E-state index < -0.39 is 6.29 Å². The highest BCUT2D eigenvalue weighted by Crippen LogP contribution is 2.38. The van der Waals surface area contributed by atoms with Crippen molar-refractivity contribution in [3.63, 3.8) is 0 Å². The summed E-state index contributed by atoms with van der Waals surface area (Å²) in [5.74, 6) is 0.252. The van der Waals surface area contributed by atoms with Gasteiger partial charge in [-0.1, -0.05) is 55.3 Å². The van der Waals surface area contributed by atoms with Crippen LogP contribution in [0.25, 0.3) is 10.1 Å². The zero-order valence-corrected chi connectivity index (χ0v) is 19.4. The molecule has 2 atom stereocenters. The van der Waals surface area contributed by atoms with E-state index in [-0.39, 0.29) is 24.5 Å². The molecule has 3 aromatic rings. The molecule has 6 heteroatoms. The number of aliphatic hydroxyl groups excluding tert-OH is 1. The second-order valence-corrected chi connectivity index (χ2v) is 9.76. The number of rotatable bonds is 7. The first kappa shape index (κ1) is 22.1. The van der Waals surface area contributed by atoms with E-state index in [0.29, 0.717) is 18.8 Å². The monoisotopic (exact) mass is 463 g/mol. The van der Waals surface area contributed by atoms with Gasteiger partial charge >= 0.3 is 0 Å². The molecule has 1 fully saturated rings. The zero-order valence-electron chi connectivity index (χ0n) is 18.5. The first-order valence-electron chi connectivity index (χ1n) is 11.7. The third-order valence-corrected chi connectivity index (χ3v) is 7.51. The molecular formula is C27H29NO4S. The molecule has 2 aromatic carbocycles. The lowest BCUT2D eigenvalue weighted by atomic mass is 9.92. The van der Waals surface area contributed by atoms with Gasteiger partial charge in [0, 0.05) is 23.1 Å². The van der Waals surface area contributed by atoms with Gasteiger partial charge in [-0.25, -0.2) is 0 Å². The molecule has 172 valence electrons. The van der Waals surface area contributed by atoms with Crippen LogP contribution in [0.5, 0.6) is 0 Å². The molecule has 0 unspecified atom stereocenters. The number of nitrogens with one attached hydrogen (secondary N) is 1. The number of carbonyl (C=O) groups excluding carboxylic acids is 1. The standard InChI is InChI=1S/C27H29NO4S/c29-15-18-9-11-19(12-10-18)16-31-26-14-20(23-17-33-25-8-4-3-7-22(23)25)13-24(32-26)27(30)28-21-5-1-2-6-21/h3-4,7-13,17,20-21,26,29H,1-2,5-6,14-16H2,(H,28,30)/t20-,26+/m0/s1.